The summed E-state index contributed by atoms with van der Waals surface area (Å²) < 4.78 is 4.98. The zero-order valence-corrected chi connectivity index (χ0v) is 12.3. The van der Waals surface area contributed by atoms with Crippen LogP contribution in [0.25, 0.3) is 0 Å². The van der Waals surface area contributed by atoms with Gasteiger partial charge in [0.25, 0.3) is 0 Å². The zero-order valence-electron chi connectivity index (χ0n) is 11.6. The lowest BCUT2D eigenvalue weighted by molar-refractivity contribution is -0.144. The second-order valence-electron chi connectivity index (χ2n) is 4.62. The van der Waals surface area contributed by atoms with Gasteiger partial charge in [0.05, 0.1) is 25.5 Å². The minimum atomic E-state index is -0.163. The summed E-state index contributed by atoms with van der Waals surface area (Å²) in [5, 5.41) is 0.398. The Kier molecular flexibility index (Phi) is 5.55. The number of hydrogen-bond acceptors (Lipinski definition) is 6. The fourth-order valence-corrected chi connectivity index (χ4v) is 2.38. The van der Waals surface area contributed by atoms with Crippen LogP contribution in [0.15, 0.2) is 12.4 Å². The summed E-state index contributed by atoms with van der Waals surface area (Å²) >= 11 is 5.87. The number of carbonyl (C=O) groups excluding carboxylic acids is 1. The van der Waals surface area contributed by atoms with Gasteiger partial charge >= 0.3 is 5.97 Å². The molecule has 1 aromatic heterocycles. The molecule has 1 fully saturated rings. The number of carbonyl (C=O) groups is 1. The third-order valence-electron chi connectivity index (χ3n) is 3.16. The quantitative estimate of drug-likeness (QED) is 0.779. The van der Waals surface area contributed by atoms with Crippen LogP contribution in [0.2, 0.25) is 5.15 Å². The van der Waals surface area contributed by atoms with Crippen molar-refractivity contribution in [2.75, 3.05) is 44.2 Å². The Morgan fingerprint density at radius 3 is 2.95 bits per heavy atom. The molecule has 20 heavy (non-hydrogen) atoms. The molecular weight excluding hydrogens is 280 g/mol. The van der Waals surface area contributed by atoms with Crippen molar-refractivity contribution < 1.29 is 9.53 Å². The van der Waals surface area contributed by atoms with Gasteiger partial charge in [-0.25, -0.2) is 4.98 Å². The maximum Gasteiger partial charge on any atom is 0.320 e. The van der Waals surface area contributed by atoms with Crippen LogP contribution in [0.1, 0.15) is 13.3 Å². The molecule has 0 bridgehead atoms. The number of anilines is 1. The Morgan fingerprint density at radius 2 is 2.20 bits per heavy atom. The van der Waals surface area contributed by atoms with Crippen molar-refractivity contribution >= 4 is 23.4 Å². The molecule has 110 valence electrons. The second kappa shape index (κ2) is 7.40. The Labute approximate surface area is 123 Å². The highest BCUT2D eigenvalue weighted by Crippen LogP contribution is 2.15. The van der Waals surface area contributed by atoms with Crippen molar-refractivity contribution in [3.8, 4) is 0 Å². The molecule has 0 aliphatic carbocycles. The highest BCUT2D eigenvalue weighted by atomic mass is 35.5. The molecule has 1 aliphatic rings. The fourth-order valence-electron chi connectivity index (χ4n) is 2.23. The van der Waals surface area contributed by atoms with Gasteiger partial charge in [0, 0.05) is 26.2 Å². The van der Waals surface area contributed by atoms with E-state index in [1.807, 2.05) is 6.92 Å². The van der Waals surface area contributed by atoms with Crippen LogP contribution in [-0.2, 0) is 9.53 Å². The number of nitrogens with zero attached hydrogens (tertiary/aromatic N) is 4. The molecule has 0 N–H and O–H groups in total. The van der Waals surface area contributed by atoms with Gasteiger partial charge in [0.15, 0.2) is 0 Å². The average Bonchev–Trinajstić information content (AvgIpc) is 2.64. The van der Waals surface area contributed by atoms with E-state index in [1.165, 1.54) is 6.20 Å². The van der Waals surface area contributed by atoms with E-state index in [-0.39, 0.29) is 5.97 Å². The van der Waals surface area contributed by atoms with Crippen LogP contribution in [-0.4, -0.2) is 60.2 Å². The highest BCUT2D eigenvalue weighted by molar-refractivity contribution is 6.29. The van der Waals surface area contributed by atoms with Gasteiger partial charge in [0.1, 0.15) is 11.0 Å². The molecule has 6 nitrogen and oxygen atoms in total. The molecule has 0 unspecified atom stereocenters. The van der Waals surface area contributed by atoms with Gasteiger partial charge in [-0.2, -0.15) is 0 Å². The molecule has 0 atom stereocenters. The first-order valence-electron chi connectivity index (χ1n) is 6.79. The van der Waals surface area contributed by atoms with Gasteiger partial charge in [-0.1, -0.05) is 11.6 Å². The number of halogens is 1. The summed E-state index contributed by atoms with van der Waals surface area (Å²) in [7, 11) is 0. The van der Waals surface area contributed by atoms with E-state index in [2.05, 4.69) is 19.8 Å². The fraction of sp³-hybridized carbons (Fsp3) is 0.615. The molecule has 0 saturated carbocycles. The van der Waals surface area contributed by atoms with Crippen LogP contribution in [0, 0.1) is 0 Å². The van der Waals surface area contributed by atoms with Crippen LogP contribution in [0.3, 0.4) is 0 Å². The van der Waals surface area contributed by atoms with Gasteiger partial charge in [0.2, 0.25) is 0 Å². The SMILES string of the molecule is CCOC(=O)CN1CCCN(c2cncc(Cl)n2)CC1. The summed E-state index contributed by atoms with van der Waals surface area (Å²) in [6.45, 7) is 5.96. The molecule has 2 heterocycles. The molecule has 0 radical (unpaired) electrons. The molecule has 2 rings (SSSR count). The van der Waals surface area contributed by atoms with Crippen LogP contribution >= 0.6 is 11.6 Å². The predicted octanol–water partition coefficient (Wildman–Crippen LogP) is 1.21. The summed E-state index contributed by atoms with van der Waals surface area (Å²) in [6.07, 6.45) is 4.20. The molecule has 7 heteroatoms. The third kappa shape index (κ3) is 4.31. The highest BCUT2D eigenvalue weighted by Gasteiger charge is 2.18. The van der Waals surface area contributed by atoms with E-state index in [0.29, 0.717) is 18.3 Å². The maximum absolute atomic E-state index is 11.5. The largest absolute Gasteiger partial charge is 0.465 e. The first-order chi connectivity index (χ1) is 9.69. The molecule has 1 aliphatic heterocycles. The first kappa shape index (κ1) is 15.0. The van der Waals surface area contributed by atoms with Crippen molar-refractivity contribution in [2.24, 2.45) is 0 Å². The van der Waals surface area contributed by atoms with Gasteiger partial charge in [-0.05, 0) is 13.3 Å². The van der Waals surface area contributed by atoms with E-state index < -0.39 is 0 Å². The molecule has 0 aromatic carbocycles. The van der Waals surface area contributed by atoms with Crippen molar-refractivity contribution in [3.63, 3.8) is 0 Å². The zero-order chi connectivity index (χ0) is 14.4. The number of ether oxygens (including phenoxy) is 1. The van der Waals surface area contributed by atoms with Gasteiger partial charge in [-0.3, -0.25) is 14.7 Å². The van der Waals surface area contributed by atoms with Crippen molar-refractivity contribution in [2.45, 2.75) is 13.3 Å². The Hall–Kier alpha value is -1.40. The van der Waals surface area contributed by atoms with E-state index in [1.54, 1.807) is 6.20 Å². The van der Waals surface area contributed by atoms with Crippen molar-refractivity contribution in [1.82, 2.24) is 14.9 Å². The number of esters is 1. The van der Waals surface area contributed by atoms with E-state index in [0.717, 1.165) is 38.4 Å². The first-order valence-corrected chi connectivity index (χ1v) is 7.17. The Bertz CT molecular complexity index is 458. The Balaban J connectivity index is 1.90. The lowest BCUT2D eigenvalue weighted by atomic mass is 10.4. The summed E-state index contributed by atoms with van der Waals surface area (Å²) in [5.74, 6) is 0.624. The molecule has 0 amide bonds. The van der Waals surface area contributed by atoms with E-state index >= 15 is 0 Å². The monoisotopic (exact) mass is 298 g/mol. The third-order valence-corrected chi connectivity index (χ3v) is 3.35. The lowest BCUT2D eigenvalue weighted by Gasteiger charge is -2.22. The maximum atomic E-state index is 11.5. The molecule has 1 saturated heterocycles. The van der Waals surface area contributed by atoms with Gasteiger partial charge in [-0.15, -0.1) is 0 Å². The Morgan fingerprint density at radius 1 is 1.35 bits per heavy atom. The topological polar surface area (TPSA) is 58.6 Å². The van der Waals surface area contributed by atoms with Crippen molar-refractivity contribution in [3.05, 3.63) is 17.5 Å². The predicted molar refractivity (Wildman–Crippen MR) is 76.9 cm³/mol. The van der Waals surface area contributed by atoms with Crippen LogP contribution in [0.4, 0.5) is 5.82 Å². The number of rotatable bonds is 4. The molecular formula is C13H19ClN4O2. The average molecular weight is 299 g/mol. The van der Waals surface area contributed by atoms with Crippen LogP contribution in [0.5, 0.6) is 0 Å². The van der Waals surface area contributed by atoms with Gasteiger partial charge < -0.3 is 9.64 Å². The number of aromatic nitrogens is 2. The second-order valence-corrected chi connectivity index (χ2v) is 5.01. The summed E-state index contributed by atoms with van der Waals surface area (Å²) in [5.41, 5.74) is 0. The van der Waals surface area contributed by atoms with Crippen LogP contribution < -0.4 is 4.90 Å². The normalized spacial score (nSPS) is 16.8. The number of hydrogen-bond donors (Lipinski definition) is 0. The molecule has 1 aromatic rings. The summed E-state index contributed by atoms with van der Waals surface area (Å²) in [4.78, 5) is 24.1. The standard InChI is InChI=1S/C13H19ClN4O2/c1-2-20-13(19)10-17-4-3-5-18(7-6-17)12-9-15-8-11(14)16-12/h8-9H,2-7,10H2,1H3. The minimum Gasteiger partial charge on any atom is -0.465 e. The lowest BCUT2D eigenvalue weighted by Crippen LogP contribution is -2.35. The molecule has 0 spiro atoms. The smallest absolute Gasteiger partial charge is 0.320 e. The van der Waals surface area contributed by atoms with E-state index in [9.17, 15) is 4.79 Å². The minimum absolute atomic E-state index is 0.163. The van der Waals surface area contributed by atoms with E-state index in [4.69, 9.17) is 16.3 Å². The summed E-state index contributed by atoms with van der Waals surface area (Å²) in [6, 6.07) is 0. The van der Waals surface area contributed by atoms with Crippen molar-refractivity contribution in [1.29, 1.82) is 0 Å².